The van der Waals surface area contributed by atoms with Gasteiger partial charge in [-0.25, -0.2) is 9.07 Å². The van der Waals surface area contributed by atoms with Gasteiger partial charge in [0.25, 0.3) is 0 Å². The Balaban J connectivity index is 2.41. The number of nitrogens with zero attached hydrogens (tertiary/aromatic N) is 4. The summed E-state index contributed by atoms with van der Waals surface area (Å²) in [5, 5.41) is 20.4. The first kappa shape index (κ1) is 15.6. The van der Waals surface area contributed by atoms with Gasteiger partial charge in [0.05, 0.1) is 17.5 Å². The summed E-state index contributed by atoms with van der Waals surface area (Å²) in [6.07, 6.45) is 0.407. The summed E-state index contributed by atoms with van der Waals surface area (Å²) in [7, 11) is 0. The average molecular weight is 357 g/mol. The smallest absolute Gasteiger partial charge is 0.311 e. The minimum atomic E-state index is -1.02. The van der Waals surface area contributed by atoms with E-state index in [-0.39, 0.29) is 17.9 Å². The molecule has 1 N–H and O–H groups in total. The first-order valence-corrected chi connectivity index (χ1v) is 7.11. The molecule has 2 aromatic rings. The Morgan fingerprint density at radius 2 is 2.24 bits per heavy atom. The Morgan fingerprint density at radius 1 is 1.52 bits per heavy atom. The lowest BCUT2D eigenvalue weighted by Crippen LogP contribution is -2.32. The molecule has 1 aromatic heterocycles. The van der Waals surface area contributed by atoms with E-state index in [1.807, 2.05) is 0 Å². The van der Waals surface area contributed by atoms with Crippen molar-refractivity contribution in [1.29, 1.82) is 0 Å². The van der Waals surface area contributed by atoms with Crippen LogP contribution in [0.15, 0.2) is 22.7 Å². The van der Waals surface area contributed by atoms with Crippen LogP contribution in [-0.4, -0.2) is 31.3 Å². The molecule has 1 atom stereocenters. The second-order valence-corrected chi connectivity index (χ2v) is 5.92. The highest BCUT2D eigenvalue weighted by Crippen LogP contribution is 2.28. The predicted octanol–water partition coefficient (Wildman–Crippen LogP) is 2.74. The molecular weight excluding hydrogens is 343 g/mol. The number of rotatable bonds is 5. The van der Waals surface area contributed by atoms with Gasteiger partial charge in [0.15, 0.2) is 5.82 Å². The Morgan fingerprint density at radius 3 is 2.81 bits per heavy atom. The molecule has 1 heterocycles. The fourth-order valence-electron chi connectivity index (χ4n) is 1.84. The third-order valence-electron chi connectivity index (χ3n) is 3.50. The number of aromatic nitrogens is 4. The molecule has 1 unspecified atom stereocenters. The van der Waals surface area contributed by atoms with Crippen molar-refractivity contribution in [2.75, 3.05) is 0 Å². The molecule has 112 valence electrons. The van der Waals surface area contributed by atoms with Crippen LogP contribution in [-0.2, 0) is 11.3 Å². The molecule has 8 heteroatoms. The van der Waals surface area contributed by atoms with Crippen LogP contribution in [0.4, 0.5) is 4.39 Å². The molecule has 21 heavy (non-hydrogen) atoms. The van der Waals surface area contributed by atoms with E-state index in [2.05, 4.69) is 31.5 Å². The molecule has 0 fully saturated rings. The third-order valence-corrected chi connectivity index (χ3v) is 3.99. The van der Waals surface area contributed by atoms with Crippen LogP contribution >= 0.6 is 15.9 Å². The van der Waals surface area contributed by atoms with Crippen LogP contribution in [0.25, 0.3) is 11.4 Å². The second-order valence-electron chi connectivity index (χ2n) is 5.00. The first-order valence-electron chi connectivity index (χ1n) is 6.32. The quantitative estimate of drug-likeness (QED) is 0.890. The highest BCUT2D eigenvalue weighted by Gasteiger charge is 2.33. The number of tetrazole rings is 1. The van der Waals surface area contributed by atoms with Crippen LogP contribution in [0.1, 0.15) is 20.3 Å². The highest BCUT2D eigenvalue weighted by molar-refractivity contribution is 9.10. The number of carbonyl (C=O) groups is 1. The summed E-state index contributed by atoms with van der Waals surface area (Å²) in [6.45, 7) is 3.45. The lowest BCUT2D eigenvalue weighted by molar-refractivity contribution is -0.149. The molecule has 2 rings (SSSR count). The summed E-state index contributed by atoms with van der Waals surface area (Å²) >= 11 is 3.18. The van der Waals surface area contributed by atoms with Gasteiger partial charge in [-0.05, 0) is 42.0 Å². The van der Waals surface area contributed by atoms with E-state index in [0.717, 1.165) is 0 Å². The predicted molar refractivity (Wildman–Crippen MR) is 76.9 cm³/mol. The van der Waals surface area contributed by atoms with Crippen molar-refractivity contribution in [1.82, 2.24) is 20.2 Å². The Bertz CT molecular complexity index is 676. The summed E-state index contributed by atoms with van der Waals surface area (Å²) < 4.78 is 15.9. The Kier molecular flexibility index (Phi) is 4.36. The Labute approximate surface area is 129 Å². The topological polar surface area (TPSA) is 80.9 Å². The number of carboxylic acid groups (broad SMARTS) is 1. The fourth-order valence-corrected chi connectivity index (χ4v) is 2.17. The first-order chi connectivity index (χ1) is 9.87. The van der Waals surface area contributed by atoms with Crippen molar-refractivity contribution in [3.05, 3.63) is 28.5 Å². The molecule has 0 saturated heterocycles. The summed E-state index contributed by atoms with van der Waals surface area (Å²) in [4.78, 5) is 11.4. The lowest BCUT2D eigenvalue weighted by atomic mass is 9.88. The molecule has 0 aliphatic heterocycles. The fraction of sp³-hybridized carbons (Fsp3) is 0.385. The van der Waals surface area contributed by atoms with Gasteiger partial charge in [0.1, 0.15) is 5.82 Å². The molecule has 0 aliphatic carbocycles. The molecule has 6 nitrogen and oxygen atoms in total. The van der Waals surface area contributed by atoms with E-state index in [9.17, 15) is 14.3 Å². The van der Waals surface area contributed by atoms with Crippen molar-refractivity contribution >= 4 is 21.9 Å². The number of hydrogen-bond donors (Lipinski definition) is 1. The van der Waals surface area contributed by atoms with E-state index < -0.39 is 17.2 Å². The highest BCUT2D eigenvalue weighted by atomic mass is 79.9. The molecule has 0 radical (unpaired) electrons. The van der Waals surface area contributed by atoms with Crippen molar-refractivity contribution in [2.24, 2.45) is 5.41 Å². The van der Waals surface area contributed by atoms with Crippen LogP contribution in [0.5, 0.6) is 0 Å². The standard InChI is InChI=1S/C13H14BrFN4O2/c1-3-13(2,12(20)21)7-19-11(16-17-18-19)9-5-4-8(14)6-10(9)15/h4-6H,3,7H2,1-2H3,(H,20,21). The molecule has 0 saturated carbocycles. The number of carboxylic acids is 1. The molecule has 0 bridgehead atoms. The SMILES string of the molecule is CCC(C)(Cn1nnnc1-c1ccc(Br)cc1F)C(=O)O. The second kappa shape index (κ2) is 5.88. The van der Waals surface area contributed by atoms with Crippen molar-refractivity contribution in [3.8, 4) is 11.4 Å². The molecule has 1 aromatic carbocycles. The number of aliphatic carboxylic acids is 1. The summed E-state index contributed by atoms with van der Waals surface area (Å²) in [5.74, 6) is -1.21. The molecule has 0 aliphatic rings. The third kappa shape index (κ3) is 3.10. The van der Waals surface area contributed by atoms with E-state index in [4.69, 9.17) is 0 Å². The molecular formula is C13H14BrFN4O2. The van der Waals surface area contributed by atoms with Gasteiger partial charge in [0.2, 0.25) is 0 Å². The van der Waals surface area contributed by atoms with Crippen LogP contribution < -0.4 is 0 Å². The monoisotopic (exact) mass is 356 g/mol. The van der Waals surface area contributed by atoms with Crippen molar-refractivity contribution in [3.63, 3.8) is 0 Å². The molecule has 0 amide bonds. The van der Waals surface area contributed by atoms with Crippen molar-refractivity contribution in [2.45, 2.75) is 26.8 Å². The van der Waals surface area contributed by atoms with Gasteiger partial charge in [-0.3, -0.25) is 4.79 Å². The van der Waals surface area contributed by atoms with Crippen LogP contribution in [0.3, 0.4) is 0 Å². The van der Waals surface area contributed by atoms with Crippen molar-refractivity contribution < 1.29 is 14.3 Å². The summed E-state index contributed by atoms with van der Waals surface area (Å²) in [5.41, 5.74) is -0.789. The number of halogens is 2. The van der Waals surface area contributed by atoms with E-state index >= 15 is 0 Å². The lowest BCUT2D eigenvalue weighted by Gasteiger charge is -2.22. The maximum atomic E-state index is 14.0. The van der Waals surface area contributed by atoms with Gasteiger partial charge in [-0.15, -0.1) is 5.10 Å². The zero-order valence-corrected chi connectivity index (χ0v) is 13.1. The molecule has 0 spiro atoms. The number of benzene rings is 1. The largest absolute Gasteiger partial charge is 0.481 e. The average Bonchev–Trinajstić information content (AvgIpc) is 2.86. The number of hydrogen-bond acceptors (Lipinski definition) is 4. The maximum absolute atomic E-state index is 14.0. The minimum absolute atomic E-state index is 0.0661. The zero-order chi connectivity index (χ0) is 15.6. The summed E-state index contributed by atoms with van der Waals surface area (Å²) in [6, 6.07) is 4.53. The van der Waals surface area contributed by atoms with Gasteiger partial charge < -0.3 is 5.11 Å². The van der Waals surface area contributed by atoms with E-state index in [1.165, 1.54) is 10.7 Å². The van der Waals surface area contributed by atoms with E-state index in [0.29, 0.717) is 10.9 Å². The van der Waals surface area contributed by atoms with Gasteiger partial charge >= 0.3 is 5.97 Å². The normalized spacial score (nSPS) is 13.9. The minimum Gasteiger partial charge on any atom is -0.481 e. The van der Waals surface area contributed by atoms with Gasteiger partial charge in [-0.2, -0.15) is 0 Å². The van der Waals surface area contributed by atoms with Gasteiger partial charge in [0, 0.05) is 4.47 Å². The Hall–Kier alpha value is -1.83. The van der Waals surface area contributed by atoms with Gasteiger partial charge in [-0.1, -0.05) is 22.9 Å². The van der Waals surface area contributed by atoms with E-state index in [1.54, 1.807) is 26.0 Å². The van der Waals surface area contributed by atoms with Crippen LogP contribution in [0, 0.1) is 11.2 Å². The maximum Gasteiger partial charge on any atom is 0.311 e. The van der Waals surface area contributed by atoms with Crippen LogP contribution in [0.2, 0.25) is 0 Å². The zero-order valence-electron chi connectivity index (χ0n) is 11.5.